The zero-order valence-electron chi connectivity index (χ0n) is 13.4. The Kier molecular flexibility index (Phi) is 6.36. The van der Waals surface area contributed by atoms with E-state index in [9.17, 15) is 0 Å². The van der Waals surface area contributed by atoms with Gasteiger partial charge in [0.15, 0.2) is 0 Å². The lowest BCUT2D eigenvalue weighted by atomic mass is 9.68. The van der Waals surface area contributed by atoms with E-state index in [4.69, 9.17) is 4.74 Å². The predicted octanol–water partition coefficient (Wildman–Crippen LogP) is 3.75. The minimum absolute atomic E-state index is 0.0223. The maximum Gasteiger partial charge on any atom is 0.0835 e. The van der Waals surface area contributed by atoms with Gasteiger partial charge in [-0.15, -0.1) is 11.8 Å². The van der Waals surface area contributed by atoms with E-state index in [1.807, 2.05) is 6.92 Å². The van der Waals surface area contributed by atoms with Gasteiger partial charge in [-0.25, -0.2) is 0 Å². The number of likely N-dealkylation sites (N-methyl/N-ethyl adjacent to an activating group) is 1. The summed E-state index contributed by atoms with van der Waals surface area (Å²) in [7, 11) is 2.06. The highest BCUT2D eigenvalue weighted by molar-refractivity contribution is 5.02. The van der Waals surface area contributed by atoms with Crippen LogP contribution in [0.4, 0.5) is 0 Å². The van der Waals surface area contributed by atoms with Crippen LogP contribution in [0.2, 0.25) is 0 Å². The highest BCUT2D eigenvalue weighted by Crippen LogP contribution is 2.44. The molecule has 0 bridgehead atoms. The fourth-order valence-corrected chi connectivity index (χ4v) is 3.24. The van der Waals surface area contributed by atoms with Crippen LogP contribution in [0, 0.1) is 17.3 Å². The van der Waals surface area contributed by atoms with Crippen LogP contribution in [0.3, 0.4) is 0 Å². The molecule has 0 spiro atoms. The van der Waals surface area contributed by atoms with Crippen molar-refractivity contribution in [3.8, 4) is 11.8 Å². The Hall–Kier alpha value is -0.520. The Morgan fingerprint density at radius 1 is 1.21 bits per heavy atom. The second-order valence-electron chi connectivity index (χ2n) is 6.47. The van der Waals surface area contributed by atoms with Crippen molar-refractivity contribution in [3.05, 3.63) is 0 Å². The largest absolute Gasteiger partial charge is 0.374 e. The summed E-state index contributed by atoms with van der Waals surface area (Å²) in [6.45, 7) is 9.58. The predicted molar refractivity (Wildman–Crippen MR) is 82.1 cm³/mol. The normalized spacial score (nSPS) is 22.4. The van der Waals surface area contributed by atoms with Gasteiger partial charge in [-0.2, -0.15) is 0 Å². The molecule has 1 aliphatic rings. The van der Waals surface area contributed by atoms with E-state index < -0.39 is 0 Å². The van der Waals surface area contributed by atoms with Gasteiger partial charge in [0.05, 0.1) is 5.60 Å². The lowest BCUT2D eigenvalue weighted by molar-refractivity contribution is -0.106. The fourth-order valence-electron chi connectivity index (χ4n) is 3.24. The summed E-state index contributed by atoms with van der Waals surface area (Å²) >= 11 is 0. The molecular weight excluding hydrogens is 234 g/mol. The van der Waals surface area contributed by atoms with E-state index in [0.717, 1.165) is 19.4 Å². The van der Waals surface area contributed by atoms with Crippen LogP contribution >= 0.6 is 0 Å². The van der Waals surface area contributed by atoms with Gasteiger partial charge in [0.25, 0.3) is 0 Å². The summed E-state index contributed by atoms with van der Waals surface area (Å²) < 4.78 is 6.24. The van der Waals surface area contributed by atoms with Crippen molar-refractivity contribution >= 4 is 0 Å². The molecule has 0 aliphatic heterocycles. The third-order valence-corrected chi connectivity index (χ3v) is 4.60. The molecule has 1 rings (SSSR count). The maximum atomic E-state index is 6.24. The molecule has 1 unspecified atom stereocenters. The monoisotopic (exact) mass is 265 g/mol. The first-order valence-corrected chi connectivity index (χ1v) is 7.70. The average molecular weight is 265 g/mol. The molecule has 110 valence electrons. The number of hydrogen-bond donors (Lipinski definition) is 1. The molecule has 0 aromatic heterocycles. The van der Waals surface area contributed by atoms with Gasteiger partial charge in [-0.1, -0.05) is 13.8 Å². The Labute approximate surface area is 119 Å². The van der Waals surface area contributed by atoms with Crippen LogP contribution in [0.5, 0.6) is 0 Å². The average Bonchev–Trinajstić information content (AvgIpc) is 2.38. The molecule has 0 aromatic carbocycles. The van der Waals surface area contributed by atoms with Crippen LogP contribution in [0.25, 0.3) is 0 Å². The van der Waals surface area contributed by atoms with Gasteiger partial charge in [-0.05, 0) is 58.4 Å². The number of nitrogens with one attached hydrogen (secondary N) is 1. The van der Waals surface area contributed by atoms with Crippen LogP contribution in [0.15, 0.2) is 0 Å². The summed E-state index contributed by atoms with van der Waals surface area (Å²) in [4.78, 5) is 0. The fraction of sp³-hybridized carbons (Fsp3) is 0.882. The molecule has 1 N–H and O–H groups in total. The second kappa shape index (κ2) is 7.31. The quantitative estimate of drug-likeness (QED) is 0.738. The SMILES string of the molecule is CC#CCCC(NC)C1(OCC)CCC(C)(C)CC1. The lowest BCUT2D eigenvalue weighted by Crippen LogP contribution is -2.54. The Bertz CT molecular complexity index is 314. The van der Waals surface area contributed by atoms with E-state index in [2.05, 4.69) is 45.0 Å². The topological polar surface area (TPSA) is 21.3 Å². The van der Waals surface area contributed by atoms with E-state index in [0.29, 0.717) is 11.5 Å². The molecule has 1 saturated carbocycles. The van der Waals surface area contributed by atoms with Crippen LogP contribution < -0.4 is 5.32 Å². The summed E-state index contributed by atoms with van der Waals surface area (Å²) in [5.41, 5.74) is 0.497. The summed E-state index contributed by atoms with van der Waals surface area (Å²) in [6.07, 6.45) is 6.88. The third kappa shape index (κ3) is 4.51. The van der Waals surface area contributed by atoms with Crippen molar-refractivity contribution in [2.45, 2.75) is 77.9 Å². The van der Waals surface area contributed by atoms with Gasteiger partial charge in [0.2, 0.25) is 0 Å². The summed E-state index contributed by atoms with van der Waals surface area (Å²) in [6, 6.07) is 0.421. The van der Waals surface area contributed by atoms with E-state index >= 15 is 0 Å². The molecule has 1 atom stereocenters. The van der Waals surface area contributed by atoms with E-state index in [-0.39, 0.29) is 5.60 Å². The summed E-state index contributed by atoms with van der Waals surface area (Å²) in [5, 5.41) is 3.49. The minimum Gasteiger partial charge on any atom is -0.374 e. The van der Waals surface area contributed by atoms with Crippen molar-refractivity contribution in [3.63, 3.8) is 0 Å². The van der Waals surface area contributed by atoms with Gasteiger partial charge in [0.1, 0.15) is 0 Å². The molecule has 2 nitrogen and oxygen atoms in total. The summed E-state index contributed by atoms with van der Waals surface area (Å²) in [5.74, 6) is 6.17. The molecule has 0 radical (unpaired) electrons. The van der Waals surface area contributed by atoms with Crippen molar-refractivity contribution in [2.24, 2.45) is 5.41 Å². The minimum atomic E-state index is 0.0223. The lowest BCUT2D eigenvalue weighted by Gasteiger charge is -2.47. The maximum absolute atomic E-state index is 6.24. The molecule has 1 aliphatic carbocycles. The first-order valence-electron chi connectivity index (χ1n) is 7.70. The highest BCUT2D eigenvalue weighted by Gasteiger charge is 2.43. The van der Waals surface area contributed by atoms with Gasteiger partial charge in [-0.3, -0.25) is 0 Å². The molecule has 0 heterocycles. The smallest absolute Gasteiger partial charge is 0.0835 e. The van der Waals surface area contributed by atoms with Crippen molar-refractivity contribution < 1.29 is 4.74 Å². The first kappa shape index (κ1) is 16.5. The zero-order chi connectivity index (χ0) is 14.4. The Balaban J connectivity index is 2.75. The van der Waals surface area contributed by atoms with Crippen LogP contribution in [-0.2, 0) is 4.74 Å². The molecule has 0 amide bonds. The Morgan fingerprint density at radius 3 is 2.32 bits per heavy atom. The first-order chi connectivity index (χ1) is 8.99. The molecule has 19 heavy (non-hydrogen) atoms. The standard InChI is InChI=1S/C17H31NO/c1-6-8-9-10-15(18-5)17(19-7-2)13-11-16(3,4)12-14-17/h15,18H,7,9-14H2,1-5H3. The van der Waals surface area contributed by atoms with Gasteiger partial charge < -0.3 is 10.1 Å². The third-order valence-electron chi connectivity index (χ3n) is 4.60. The molecule has 1 fully saturated rings. The van der Waals surface area contributed by atoms with E-state index in [1.165, 1.54) is 25.7 Å². The number of hydrogen-bond acceptors (Lipinski definition) is 2. The molecule has 0 aromatic rings. The van der Waals surface area contributed by atoms with Crippen molar-refractivity contribution in [1.82, 2.24) is 5.32 Å². The Morgan fingerprint density at radius 2 is 1.84 bits per heavy atom. The highest BCUT2D eigenvalue weighted by atomic mass is 16.5. The zero-order valence-corrected chi connectivity index (χ0v) is 13.4. The second-order valence-corrected chi connectivity index (χ2v) is 6.47. The van der Waals surface area contributed by atoms with Crippen LogP contribution in [0.1, 0.15) is 66.2 Å². The molecule has 2 heteroatoms. The molecule has 0 saturated heterocycles. The van der Waals surface area contributed by atoms with Crippen molar-refractivity contribution in [2.75, 3.05) is 13.7 Å². The molecular formula is C17H31NO. The number of ether oxygens (including phenoxy) is 1. The van der Waals surface area contributed by atoms with Crippen molar-refractivity contribution in [1.29, 1.82) is 0 Å². The van der Waals surface area contributed by atoms with Gasteiger partial charge in [0, 0.05) is 19.1 Å². The van der Waals surface area contributed by atoms with Gasteiger partial charge >= 0.3 is 0 Å². The van der Waals surface area contributed by atoms with E-state index in [1.54, 1.807) is 0 Å². The van der Waals surface area contributed by atoms with Crippen LogP contribution in [-0.4, -0.2) is 25.3 Å². The number of rotatable bonds is 6.